The van der Waals surface area contributed by atoms with E-state index in [0.29, 0.717) is 45.5 Å². The average Bonchev–Trinajstić information content (AvgIpc) is 3.40. The molecule has 6 heteroatoms. The average molecular weight is 951 g/mol. The third-order valence-corrected chi connectivity index (χ3v) is 17.1. The van der Waals surface area contributed by atoms with Gasteiger partial charge in [0.15, 0.2) is 11.6 Å². The Morgan fingerprint density at radius 3 is 1.03 bits per heavy atom. The zero-order chi connectivity index (χ0) is 47.6. The van der Waals surface area contributed by atoms with Gasteiger partial charge in [-0.05, 0) is 156 Å². The predicted octanol–water partition coefficient (Wildman–Crippen LogP) is 18.2. The molecule has 0 unspecified atom stereocenters. The van der Waals surface area contributed by atoms with Gasteiger partial charge in [0, 0.05) is 42.1 Å². The van der Waals surface area contributed by atoms with E-state index in [1.807, 2.05) is 84.9 Å². The second-order valence-electron chi connectivity index (χ2n) is 19.8. The third kappa shape index (κ3) is 9.77. The van der Waals surface area contributed by atoms with Crippen molar-refractivity contribution in [2.45, 2.75) is 96.6 Å². The molecular weight excluding hydrogens is 893 g/mol. The Kier molecular flexibility index (Phi) is 13.3. The van der Waals surface area contributed by atoms with Gasteiger partial charge in [0.1, 0.15) is 0 Å². The largest absolute Gasteiger partial charge is 0.355 e. The molecule has 11 rings (SSSR count). The number of para-hydroxylation sites is 2. The van der Waals surface area contributed by atoms with Crippen LogP contribution in [0.3, 0.4) is 0 Å². The van der Waals surface area contributed by atoms with Gasteiger partial charge in [0.2, 0.25) is 0 Å². The Bertz CT molecular complexity index is 2920. The quantitative estimate of drug-likeness (QED) is 0.127. The van der Waals surface area contributed by atoms with Crippen molar-refractivity contribution in [2.75, 3.05) is 10.6 Å². The number of hydrogen-bond donors (Lipinski definition) is 2. The zero-order valence-corrected chi connectivity index (χ0v) is 41.6. The van der Waals surface area contributed by atoms with E-state index in [1.54, 1.807) is 0 Å². The number of rotatable bonds is 12. The summed E-state index contributed by atoms with van der Waals surface area (Å²) in [6.45, 7) is 4.75. The summed E-state index contributed by atoms with van der Waals surface area (Å²) in [5, 5.41) is 7.00. The molecule has 4 nitrogen and oxygen atoms in total. The summed E-state index contributed by atoms with van der Waals surface area (Å²) >= 11 is 3.06. The fraction of sp³-hybridized carbons (Fsp3) is 0.219. The first-order valence-corrected chi connectivity index (χ1v) is 26.8. The van der Waals surface area contributed by atoms with Crippen LogP contribution in [0.1, 0.15) is 120 Å². The van der Waals surface area contributed by atoms with Crippen LogP contribution in [0.15, 0.2) is 202 Å². The number of fused-ring (bicyclic) bond motifs is 2. The Hall–Kier alpha value is -6.60. The number of carbonyl (C=O) groups is 2. The minimum Gasteiger partial charge on any atom is -0.355 e. The Morgan fingerprint density at radius 1 is 0.357 bits per heavy atom. The molecule has 3 aliphatic carbocycles. The maximum Gasteiger partial charge on any atom is 0.197 e. The van der Waals surface area contributed by atoms with Gasteiger partial charge in [-0.1, -0.05) is 172 Å². The maximum absolute atomic E-state index is 15.6. The van der Waals surface area contributed by atoms with Crippen molar-refractivity contribution < 1.29 is 9.59 Å². The van der Waals surface area contributed by atoms with E-state index < -0.39 is 0 Å². The number of carbonyl (C=O) groups excluding carboxylic acids is 2. The number of anilines is 4. The highest BCUT2D eigenvalue weighted by molar-refractivity contribution is 8.00. The van der Waals surface area contributed by atoms with Crippen LogP contribution in [-0.2, 0) is 0 Å². The van der Waals surface area contributed by atoms with E-state index in [1.165, 1.54) is 97.1 Å². The third-order valence-electron chi connectivity index (χ3n) is 15.0. The first-order chi connectivity index (χ1) is 34.3. The van der Waals surface area contributed by atoms with Crippen molar-refractivity contribution in [1.29, 1.82) is 0 Å². The van der Waals surface area contributed by atoms with Crippen LogP contribution in [0.5, 0.6) is 0 Å². The van der Waals surface area contributed by atoms with Crippen molar-refractivity contribution in [1.82, 2.24) is 0 Å². The standard InChI is InChI=1S/C64H58N2O2S2/c1-41-13-17-43(18-14-41)45-21-25-47(26-22-45)49-29-33-53(34-30-49)69-57-39-40-58(70-54-35-31-50(32-36-54)48-27-23-46(24-28-48)44-19-15-42(2)16-20-44)62-61(57)63(67)59-55(65-51-9-5-3-6-10-51)37-38-56(60(59)64(62)68)66-52-11-7-4-8-12-52/h3-12,21-44,65-66H,13-20H2,1-2H3. The van der Waals surface area contributed by atoms with Gasteiger partial charge in [0.05, 0.1) is 22.5 Å². The Labute approximate surface area is 421 Å². The van der Waals surface area contributed by atoms with Crippen LogP contribution in [0.4, 0.5) is 22.7 Å². The van der Waals surface area contributed by atoms with Crippen molar-refractivity contribution in [2.24, 2.45) is 11.8 Å². The lowest BCUT2D eigenvalue weighted by atomic mass is 9.79. The lowest BCUT2D eigenvalue weighted by Gasteiger charge is -2.27. The van der Waals surface area contributed by atoms with Crippen LogP contribution < -0.4 is 10.6 Å². The first-order valence-electron chi connectivity index (χ1n) is 25.2. The van der Waals surface area contributed by atoms with Gasteiger partial charge >= 0.3 is 0 Å². The number of nitrogens with one attached hydrogen (secondary N) is 2. The summed E-state index contributed by atoms with van der Waals surface area (Å²) in [5.41, 5.74) is 12.0. The van der Waals surface area contributed by atoms with E-state index >= 15 is 9.59 Å². The molecule has 3 aliphatic rings. The summed E-state index contributed by atoms with van der Waals surface area (Å²) < 4.78 is 0. The fourth-order valence-corrected chi connectivity index (χ4v) is 12.8. The van der Waals surface area contributed by atoms with Crippen molar-refractivity contribution in [3.05, 3.63) is 215 Å². The molecule has 348 valence electrons. The van der Waals surface area contributed by atoms with Gasteiger partial charge in [-0.15, -0.1) is 0 Å². The molecule has 2 N–H and O–H groups in total. The molecule has 0 aromatic heterocycles. The molecule has 8 aromatic rings. The highest BCUT2D eigenvalue weighted by Gasteiger charge is 2.38. The van der Waals surface area contributed by atoms with E-state index in [-0.39, 0.29) is 11.6 Å². The van der Waals surface area contributed by atoms with Crippen molar-refractivity contribution in [3.63, 3.8) is 0 Å². The molecule has 0 radical (unpaired) electrons. The molecule has 0 spiro atoms. The summed E-state index contributed by atoms with van der Waals surface area (Å²) in [6.07, 6.45) is 10.3. The van der Waals surface area contributed by atoms with Gasteiger partial charge in [-0.2, -0.15) is 0 Å². The lowest BCUT2D eigenvalue weighted by Crippen LogP contribution is -2.25. The van der Waals surface area contributed by atoms with Crippen molar-refractivity contribution in [3.8, 4) is 22.3 Å². The Morgan fingerprint density at radius 2 is 0.686 bits per heavy atom. The molecule has 70 heavy (non-hydrogen) atoms. The Balaban J connectivity index is 0.934. The fourth-order valence-electron chi connectivity index (χ4n) is 10.8. The maximum atomic E-state index is 15.6. The molecule has 8 aromatic carbocycles. The SMILES string of the molecule is CC1CCC(c2ccc(-c3ccc(Sc4ccc(Sc5ccc(-c6ccc(C7CCC(C)CC7)cc6)cc5)c5c4C(=O)c4c(Nc6ccccc6)ccc(Nc6ccccc6)c4C5=O)cc3)cc2)CC1. The van der Waals surface area contributed by atoms with Gasteiger partial charge in [-0.25, -0.2) is 0 Å². The molecule has 0 saturated heterocycles. The molecule has 0 aliphatic heterocycles. The van der Waals surface area contributed by atoms with Gasteiger partial charge in [0.25, 0.3) is 0 Å². The van der Waals surface area contributed by atoms with Crippen LogP contribution in [0.25, 0.3) is 22.3 Å². The number of ketones is 2. The van der Waals surface area contributed by atoms with E-state index in [2.05, 4.69) is 122 Å². The summed E-state index contributed by atoms with van der Waals surface area (Å²) in [7, 11) is 0. The lowest BCUT2D eigenvalue weighted by molar-refractivity contribution is 0.0976. The van der Waals surface area contributed by atoms with Crippen LogP contribution in [-0.4, -0.2) is 11.6 Å². The van der Waals surface area contributed by atoms with E-state index in [4.69, 9.17) is 0 Å². The van der Waals surface area contributed by atoms with Crippen LogP contribution in [0, 0.1) is 11.8 Å². The molecular formula is C64H58N2O2S2. The highest BCUT2D eigenvalue weighted by atomic mass is 32.2. The van der Waals surface area contributed by atoms with E-state index in [0.717, 1.165) is 53.9 Å². The van der Waals surface area contributed by atoms with E-state index in [9.17, 15) is 0 Å². The predicted molar refractivity (Wildman–Crippen MR) is 292 cm³/mol. The highest BCUT2D eigenvalue weighted by Crippen LogP contribution is 2.47. The van der Waals surface area contributed by atoms with Crippen LogP contribution >= 0.6 is 23.5 Å². The normalized spacial score (nSPS) is 18.7. The van der Waals surface area contributed by atoms with Crippen LogP contribution in [0.2, 0.25) is 0 Å². The number of hydrogen-bond acceptors (Lipinski definition) is 6. The summed E-state index contributed by atoms with van der Waals surface area (Å²) in [5.74, 6) is 2.61. The zero-order valence-electron chi connectivity index (χ0n) is 39.9. The van der Waals surface area contributed by atoms with Gasteiger partial charge in [-0.3, -0.25) is 9.59 Å². The molecule has 0 atom stereocenters. The monoisotopic (exact) mass is 950 g/mol. The minimum atomic E-state index is -0.185. The molecule has 0 amide bonds. The molecule has 0 heterocycles. The second-order valence-corrected chi connectivity index (χ2v) is 22.0. The topological polar surface area (TPSA) is 58.2 Å². The summed E-state index contributed by atoms with van der Waals surface area (Å²) in [4.78, 5) is 34.6. The molecule has 0 bridgehead atoms. The van der Waals surface area contributed by atoms with Gasteiger partial charge < -0.3 is 10.6 Å². The number of benzene rings is 8. The van der Waals surface area contributed by atoms with Crippen molar-refractivity contribution >= 4 is 57.8 Å². The second kappa shape index (κ2) is 20.4. The molecule has 2 fully saturated rings. The summed E-state index contributed by atoms with van der Waals surface area (Å²) in [6, 6.07) is 63.0. The molecule has 2 saturated carbocycles. The minimum absolute atomic E-state index is 0.185. The smallest absolute Gasteiger partial charge is 0.197 e. The first kappa shape index (κ1) is 45.8.